The minimum Gasteiger partial charge on any atom is -0.327 e. The number of aromatic nitrogens is 1. The fraction of sp³-hybridized carbons (Fsp3) is 0.375. The Kier molecular flexibility index (Phi) is 1.24. The Hall–Kier alpha value is -1.25. The number of carbonyl (C=O) groups excluding carboxylic acids is 1. The highest BCUT2D eigenvalue weighted by Gasteiger charge is 2.18. The molecule has 11 heavy (non-hydrogen) atoms. The highest BCUT2D eigenvalue weighted by atomic mass is 16.2. The number of fused-ring (bicyclic) bond motifs is 1. The minimum absolute atomic E-state index is 0.0799. The summed E-state index contributed by atoms with van der Waals surface area (Å²) in [7, 11) is 1.82. The van der Waals surface area contributed by atoms with Gasteiger partial charge in [0.05, 0.1) is 0 Å². The maximum atomic E-state index is 11.4. The van der Waals surface area contributed by atoms with Gasteiger partial charge in [-0.1, -0.05) is 0 Å². The zero-order valence-corrected chi connectivity index (χ0v) is 6.45. The van der Waals surface area contributed by atoms with Crippen molar-refractivity contribution in [3.8, 4) is 0 Å². The summed E-state index contributed by atoms with van der Waals surface area (Å²) < 4.78 is 1.70. The molecule has 0 unspecified atom stereocenters. The summed E-state index contributed by atoms with van der Waals surface area (Å²) in [6.45, 7) is 0.836. The molecule has 0 bridgehead atoms. The molecule has 1 aromatic heterocycles. The summed E-state index contributed by atoms with van der Waals surface area (Å²) in [6, 6.07) is 3.98. The lowest BCUT2D eigenvalue weighted by molar-refractivity contribution is 0.204. The van der Waals surface area contributed by atoms with E-state index in [1.165, 1.54) is 0 Å². The van der Waals surface area contributed by atoms with E-state index in [0.717, 1.165) is 18.7 Å². The molecule has 0 aliphatic carbocycles. The third kappa shape index (κ3) is 0.843. The van der Waals surface area contributed by atoms with Crippen LogP contribution in [0.25, 0.3) is 0 Å². The van der Waals surface area contributed by atoms with E-state index in [9.17, 15) is 4.79 Å². The summed E-state index contributed by atoms with van der Waals surface area (Å²) in [6.07, 6.45) is 2.78. The van der Waals surface area contributed by atoms with E-state index in [4.69, 9.17) is 0 Å². The second-order valence-corrected chi connectivity index (χ2v) is 2.82. The van der Waals surface area contributed by atoms with Crippen LogP contribution in [0.4, 0.5) is 4.79 Å². The monoisotopic (exact) mass is 150 g/mol. The van der Waals surface area contributed by atoms with Crippen LogP contribution < -0.4 is 0 Å². The number of likely N-dealkylation sites (N-methyl/N-ethyl adjacent to an activating group) is 1. The number of amides is 1. The van der Waals surface area contributed by atoms with Gasteiger partial charge in [0.1, 0.15) is 0 Å². The van der Waals surface area contributed by atoms with Gasteiger partial charge in [-0.05, 0) is 12.1 Å². The van der Waals surface area contributed by atoms with Gasteiger partial charge in [-0.3, -0.25) is 4.57 Å². The molecule has 0 saturated heterocycles. The molecule has 2 rings (SSSR count). The smallest absolute Gasteiger partial charge is 0.327 e. The zero-order valence-electron chi connectivity index (χ0n) is 6.45. The van der Waals surface area contributed by atoms with Crippen LogP contribution in [-0.2, 0) is 6.42 Å². The summed E-state index contributed by atoms with van der Waals surface area (Å²) in [5, 5.41) is 0. The molecule has 0 N–H and O–H groups in total. The lowest BCUT2D eigenvalue weighted by atomic mass is 10.2. The van der Waals surface area contributed by atoms with Crippen molar-refractivity contribution in [1.29, 1.82) is 0 Å². The molecule has 0 atom stereocenters. The number of hydrogen-bond donors (Lipinski definition) is 0. The topological polar surface area (TPSA) is 25.2 Å². The maximum Gasteiger partial charge on any atom is 0.328 e. The Morgan fingerprint density at radius 3 is 3.18 bits per heavy atom. The van der Waals surface area contributed by atoms with Crippen molar-refractivity contribution in [3.63, 3.8) is 0 Å². The third-order valence-corrected chi connectivity index (χ3v) is 2.07. The molecule has 2 heterocycles. The Morgan fingerprint density at radius 1 is 1.55 bits per heavy atom. The predicted octanol–water partition coefficient (Wildman–Crippen LogP) is 0.944. The van der Waals surface area contributed by atoms with Crippen LogP contribution in [0.15, 0.2) is 18.3 Å². The van der Waals surface area contributed by atoms with Gasteiger partial charge in [0.25, 0.3) is 0 Å². The van der Waals surface area contributed by atoms with Crippen LogP contribution in [0.2, 0.25) is 0 Å². The van der Waals surface area contributed by atoms with E-state index in [1.54, 1.807) is 9.47 Å². The first-order valence-corrected chi connectivity index (χ1v) is 3.71. The molecule has 1 amide bonds. The van der Waals surface area contributed by atoms with Crippen LogP contribution in [-0.4, -0.2) is 29.1 Å². The molecule has 1 aromatic rings. The SMILES string of the molecule is CN1CCc2cccn2C1=O. The van der Waals surface area contributed by atoms with Crippen LogP contribution >= 0.6 is 0 Å². The molecule has 0 spiro atoms. The molecular weight excluding hydrogens is 140 g/mol. The van der Waals surface area contributed by atoms with Crippen molar-refractivity contribution in [2.24, 2.45) is 0 Å². The quantitative estimate of drug-likeness (QED) is 0.540. The average molecular weight is 150 g/mol. The largest absolute Gasteiger partial charge is 0.328 e. The molecule has 3 nitrogen and oxygen atoms in total. The third-order valence-electron chi connectivity index (χ3n) is 2.07. The number of nitrogens with zero attached hydrogens (tertiary/aromatic N) is 2. The molecule has 3 heteroatoms. The van der Waals surface area contributed by atoms with Crippen molar-refractivity contribution < 1.29 is 4.79 Å². The maximum absolute atomic E-state index is 11.4. The highest BCUT2D eigenvalue weighted by Crippen LogP contribution is 2.10. The van der Waals surface area contributed by atoms with E-state index >= 15 is 0 Å². The first kappa shape index (κ1) is 6.46. The van der Waals surface area contributed by atoms with Gasteiger partial charge < -0.3 is 4.90 Å². The second kappa shape index (κ2) is 2.12. The Balaban J connectivity index is 2.46. The van der Waals surface area contributed by atoms with Crippen LogP contribution in [0.3, 0.4) is 0 Å². The summed E-state index contributed by atoms with van der Waals surface area (Å²) in [5.41, 5.74) is 1.12. The van der Waals surface area contributed by atoms with Crippen molar-refractivity contribution in [2.75, 3.05) is 13.6 Å². The standard InChI is InChI=1S/C8H10N2O/c1-9-6-4-7-3-2-5-10(7)8(9)11/h2-3,5H,4,6H2,1H3. The van der Waals surface area contributed by atoms with Gasteiger partial charge >= 0.3 is 6.03 Å². The molecule has 1 aliphatic rings. The highest BCUT2D eigenvalue weighted by molar-refractivity contribution is 5.78. The zero-order chi connectivity index (χ0) is 7.84. The first-order chi connectivity index (χ1) is 5.29. The molecule has 0 aromatic carbocycles. The lowest BCUT2D eigenvalue weighted by Gasteiger charge is -2.23. The van der Waals surface area contributed by atoms with E-state index in [1.807, 2.05) is 25.4 Å². The van der Waals surface area contributed by atoms with Crippen molar-refractivity contribution in [2.45, 2.75) is 6.42 Å². The molecule has 0 saturated carbocycles. The van der Waals surface area contributed by atoms with Gasteiger partial charge in [0.15, 0.2) is 0 Å². The van der Waals surface area contributed by atoms with Crippen molar-refractivity contribution in [1.82, 2.24) is 9.47 Å². The number of carbonyl (C=O) groups is 1. The van der Waals surface area contributed by atoms with Crippen molar-refractivity contribution >= 4 is 6.03 Å². The lowest BCUT2D eigenvalue weighted by Crippen LogP contribution is -2.37. The van der Waals surface area contributed by atoms with Gasteiger partial charge in [0.2, 0.25) is 0 Å². The second-order valence-electron chi connectivity index (χ2n) is 2.82. The van der Waals surface area contributed by atoms with E-state index < -0.39 is 0 Å². The molecule has 1 aliphatic heterocycles. The summed E-state index contributed by atoms with van der Waals surface area (Å²) in [5.74, 6) is 0. The van der Waals surface area contributed by atoms with Gasteiger partial charge in [-0.2, -0.15) is 0 Å². The average Bonchev–Trinajstić information content (AvgIpc) is 2.45. The van der Waals surface area contributed by atoms with E-state index in [-0.39, 0.29) is 6.03 Å². The minimum atomic E-state index is 0.0799. The molecule has 58 valence electrons. The fourth-order valence-corrected chi connectivity index (χ4v) is 1.37. The van der Waals surface area contributed by atoms with Crippen molar-refractivity contribution in [3.05, 3.63) is 24.0 Å². The predicted molar refractivity (Wildman–Crippen MR) is 41.6 cm³/mol. The number of rotatable bonds is 0. The van der Waals surface area contributed by atoms with Gasteiger partial charge in [-0.25, -0.2) is 4.79 Å². The Morgan fingerprint density at radius 2 is 2.36 bits per heavy atom. The Labute approximate surface area is 65.2 Å². The van der Waals surface area contributed by atoms with Crippen LogP contribution in [0.1, 0.15) is 5.69 Å². The Bertz CT molecular complexity index is 290. The van der Waals surface area contributed by atoms with Crippen LogP contribution in [0, 0.1) is 0 Å². The van der Waals surface area contributed by atoms with E-state index in [0.29, 0.717) is 0 Å². The van der Waals surface area contributed by atoms with Gasteiger partial charge in [-0.15, -0.1) is 0 Å². The molecule has 0 radical (unpaired) electrons. The number of hydrogen-bond acceptors (Lipinski definition) is 1. The van der Waals surface area contributed by atoms with E-state index in [2.05, 4.69) is 0 Å². The molecule has 0 fully saturated rings. The first-order valence-electron chi connectivity index (χ1n) is 3.71. The molecular formula is C8H10N2O. The van der Waals surface area contributed by atoms with Crippen LogP contribution in [0.5, 0.6) is 0 Å². The summed E-state index contributed by atoms with van der Waals surface area (Å²) in [4.78, 5) is 13.1. The summed E-state index contributed by atoms with van der Waals surface area (Å²) >= 11 is 0. The fourth-order valence-electron chi connectivity index (χ4n) is 1.37. The van der Waals surface area contributed by atoms with Gasteiger partial charge in [0, 0.05) is 31.9 Å². The normalized spacial score (nSPS) is 16.8.